The molecular weight excluding hydrogens is 382 g/mol. The third-order valence-electron chi connectivity index (χ3n) is 4.40. The maximum Gasteiger partial charge on any atom is 0.311 e. The Bertz CT molecular complexity index is 985. The molecule has 0 bridgehead atoms. The molecule has 3 heterocycles. The van der Waals surface area contributed by atoms with Gasteiger partial charge < -0.3 is 18.9 Å². The first kappa shape index (κ1) is 18.2. The largest absolute Gasteiger partial charge is 0.497 e. The fourth-order valence-corrected chi connectivity index (χ4v) is 3.59. The molecular formula is C19H17N3O5S. The minimum Gasteiger partial charge on any atom is -0.497 e. The predicted octanol–water partition coefficient (Wildman–Crippen LogP) is 2.90. The van der Waals surface area contributed by atoms with Crippen LogP contribution in [0.25, 0.3) is 11.5 Å². The minimum atomic E-state index is -0.540. The smallest absolute Gasteiger partial charge is 0.311 e. The van der Waals surface area contributed by atoms with E-state index in [9.17, 15) is 9.59 Å². The molecule has 1 aliphatic rings. The van der Waals surface area contributed by atoms with Crippen molar-refractivity contribution in [3.8, 4) is 17.2 Å². The molecule has 1 aliphatic heterocycles. The second-order valence-corrected chi connectivity index (χ2v) is 7.02. The highest BCUT2D eigenvalue weighted by atomic mass is 32.1. The summed E-state index contributed by atoms with van der Waals surface area (Å²) in [6, 6.07) is 9.03. The molecule has 9 heteroatoms. The van der Waals surface area contributed by atoms with Crippen molar-refractivity contribution in [3.05, 3.63) is 46.9 Å². The number of thiophene rings is 1. The van der Waals surface area contributed by atoms with Crippen LogP contribution in [0.3, 0.4) is 0 Å². The highest BCUT2D eigenvalue weighted by molar-refractivity contribution is 7.08. The molecule has 1 aromatic carbocycles. The van der Waals surface area contributed by atoms with Crippen molar-refractivity contribution in [2.24, 2.45) is 5.92 Å². The van der Waals surface area contributed by atoms with Crippen molar-refractivity contribution in [2.75, 3.05) is 18.6 Å². The van der Waals surface area contributed by atoms with Crippen LogP contribution in [-0.2, 0) is 20.9 Å². The lowest BCUT2D eigenvalue weighted by atomic mass is 10.1. The van der Waals surface area contributed by atoms with Crippen LogP contribution in [0.5, 0.6) is 5.75 Å². The van der Waals surface area contributed by atoms with Crippen molar-refractivity contribution in [2.45, 2.75) is 13.0 Å². The Hall–Kier alpha value is -3.20. The highest BCUT2D eigenvalue weighted by Gasteiger charge is 2.36. The van der Waals surface area contributed by atoms with Crippen molar-refractivity contribution in [3.63, 3.8) is 0 Å². The number of carbonyl (C=O) groups is 2. The summed E-state index contributed by atoms with van der Waals surface area (Å²) >= 11 is 1.52. The Balaban J connectivity index is 1.36. The molecule has 1 atom stereocenters. The van der Waals surface area contributed by atoms with Crippen LogP contribution in [-0.4, -0.2) is 35.7 Å². The van der Waals surface area contributed by atoms with Crippen LogP contribution >= 0.6 is 11.3 Å². The van der Waals surface area contributed by atoms with Gasteiger partial charge in [0.15, 0.2) is 6.61 Å². The summed E-state index contributed by atoms with van der Waals surface area (Å²) < 4.78 is 15.6. The quantitative estimate of drug-likeness (QED) is 0.588. The van der Waals surface area contributed by atoms with E-state index in [0.717, 1.165) is 5.56 Å². The number of methoxy groups -OCH3 is 1. The average molecular weight is 399 g/mol. The Morgan fingerprint density at radius 1 is 1.39 bits per heavy atom. The first-order chi connectivity index (χ1) is 13.6. The summed E-state index contributed by atoms with van der Waals surface area (Å²) in [7, 11) is 1.56. The van der Waals surface area contributed by atoms with Gasteiger partial charge in [0.25, 0.3) is 5.89 Å². The minimum absolute atomic E-state index is 0.0996. The lowest BCUT2D eigenvalue weighted by Gasteiger charge is -2.17. The molecule has 1 amide bonds. The third-order valence-corrected chi connectivity index (χ3v) is 5.09. The lowest BCUT2D eigenvalue weighted by molar-refractivity contribution is -0.149. The monoisotopic (exact) mass is 399 g/mol. The fourth-order valence-electron chi connectivity index (χ4n) is 2.96. The van der Waals surface area contributed by atoms with Crippen LogP contribution in [0.15, 0.2) is 45.6 Å². The molecule has 3 aromatic rings. The maximum absolute atomic E-state index is 12.4. The third kappa shape index (κ3) is 3.74. The molecule has 28 heavy (non-hydrogen) atoms. The zero-order valence-electron chi connectivity index (χ0n) is 15.0. The van der Waals surface area contributed by atoms with Crippen LogP contribution in [0.2, 0.25) is 0 Å². The zero-order chi connectivity index (χ0) is 19.5. The van der Waals surface area contributed by atoms with Gasteiger partial charge in [0, 0.05) is 30.1 Å². The Morgan fingerprint density at radius 3 is 3.07 bits per heavy atom. The van der Waals surface area contributed by atoms with E-state index in [2.05, 4.69) is 10.1 Å². The maximum atomic E-state index is 12.4. The molecule has 4 rings (SSSR count). The van der Waals surface area contributed by atoms with E-state index in [1.807, 2.05) is 16.8 Å². The van der Waals surface area contributed by atoms with E-state index in [4.69, 9.17) is 14.0 Å². The van der Waals surface area contributed by atoms with Crippen LogP contribution in [0, 0.1) is 5.92 Å². The standard InChI is InChI=1S/C19H17N3O5S/c1-25-15-4-2-3-14(8-15)22-9-13(7-17(22)23)19(24)26-10-16-20-18(27-21-16)12-5-6-28-11-12/h2-6,8,11,13H,7,9-10H2,1H3. The van der Waals surface area contributed by atoms with E-state index in [1.54, 1.807) is 36.3 Å². The lowest BCUT2D eigenvalue weighted by Crippen LogP contribution is -2.26. The number of esters is 1. The van der Waals surface area contributed by atoms with Gasteiger partial charge in [0.05, 0.1) is 18.6 Å². The number of hydrogen-bond donors (Lipinski definition) is 0. The van der Waals surface area contributed by atoms with Crippen LogP contribution < -0.4 is 9.64 Å². The number of nitrogens with zero attached hydrogens (tertiary/aromatic N) is 3. The first-order valence-corrected chi connectivity index (χ1v) is 9.54. The van der Waals surface area contributed by atoms with Gasteiger partial charge >= 0.3 is 5.97 Å². The van der Waals surface area contributed by atoms with Gasteiger partial charge in [-0.2, -0.15) is 16.3 Å². The molecule has 2 aromatic heterocycles. The summed E-state index contributed by atoms with van der Waals surface area (Å²) in [4.78, 5) is 30.5. The summed E-state index contributed by atoms with van der Waals surface area (Å²) in [6.45, 7) is 0.160. The number of benzene rings is 1. The number of ether oxygens (including phenoxy) is 2. The topological polar surface area (TPSA) is 94.8 Å². The second-order valence-electron chi connectivity index (χ2n) is 6.24. The van der Waals surface area contributed by atoms with Crippen molar-refractivity contribution in [1.29, 1.82) is 0 Å². The van der Waals surface area contributed by atoms with E-state index in [0.29, 0.717) is 17.3 Å². The number of aromatic nitrogens is 2. The molecule has 1 fully saturated rings. The number of rotatable bonds is 6. The van der Waals surface area contributed by atoms with E-state index >= 15 is 0 Å². The predicted molar refractivity (Wildman–Crippen MR) is 101 cm³/mol. The number of amides is 1. The molecule has 0 radical (unpaired) electrons. The summed E-state index contributed by atoms with van der Waals surface area (Å²) in [5, 5.41) is 7.61. The Labute approximate surface area is 164 Å². The Kier molecular flexibility index (Phi) is 5.07. The fraction of sp³-hybridized carbons (Fsp3) is 0.263. The van der Waals surface area contributed by atoms with Gasteiger partial charge in [0.1, 0.15) is 5.75 Å². The molecule has 1 saturated heterocycles. The van der Waals surface area contributed by atoms with Crippen LogP contribution in [0.4, 0.5) is 5.69 Å². The van der Waals surface area contributed by atoms with Crippen molar-refractivity contribution >= 4 is 28.9 Å². The van der Waals surface area contributed by atoms with Gasteiger partial charge in [-0.3, -0.25) is 9.59 Å². The SMILES string of the molecule is COc1cccc(N2CC(C(=O)OCc3noc(-c4ccsc4)n3)CC2=O)c1. The van der Waals surface area contributed by atoms with Crippen molar-refractivity contribution in [1.82, 2.24) is 10.1 Å². The molecule has 0 saturated carbocycles. The number of hydrogen-bond acceptors (Lipinski definition) is 8. The average Bonchev–Trinajstić information content (AvgIpc) is 3.46. The molecule has 0 N–H and O–H groups in total. The molecule has 0 spiro atoms. The van der Waals surface area contributed by atoms with Gasteiger partial charge in [-0.05, 0) is 23.6 Å². The van der Waals surface area contributed by atoms with E-state index in [1.165, 1.54) is 11.3 Å². The summed E-state index contributed by atoms with van der Waals surface area (Å²) in [6.07, 6.45) is 0.0996. The van der Waals surface area contributed by atoms with Crippen LogP contribution in [0.1, 0.15) is 12.2 Å². The molecule has 8 nitrogen and oxygen atoms in total. The first-order valence-electron chi connectivity index (χ1n) is 8.60. The molecule has 144 valence electrons. The van der Waals surface area contributed by atoms with Gasteiger partial charge in [-0.1, -0.05) is 11.2 Å². The summed E-state index contributed by atoms with van der Waals surface area (Å²) in [5.41, 5.74) is 1.52. The summed E-state index contributed by atoms with van der Waals surface area (Å²) in [5.74, 6) is 0.183. The number of anilines is 1. The molecule has 1 unspecified atom stereocenters. The normalized spacial score (nSPS) is 16.4. The number of carbonyl (C=O) groups excluding carboxylic acids is 2. The van der Waals surface area contributed by atoms with Gasteiger partial charge in [0.2, 0.25) is 11.7 Å². The highest BCUT2D eigenvalue weighted by Crippen LogP contribution is 2.28. The van der Waals surface area contributed by atoms with Crippen molar-refractivity contribution < 1.29 is 23.6 Å². The van der Waals surface area contributed by atoms with Gasteiger partial charge in [-0.15, -0.1) is 0 Å². The molecule has 0 aliphatic carbocycles. The Morgan fingerprint density at radius 2 is 2.29 bits per heavy atom. The second kappa shape index (κ2) is 7.81. The van der Waals surface area contributed by atoms with Gasteiger partial charge in [-0.25, -0.2) is 0 Å². The zero-order valence-corrected chi connectivity index (χ0v) is 15.8. The van der Waals surface area contributed by atoms with E-state index in [-0.39, 0.29) is 31.3 Å². The van der Waals surface area contributed by atoms with E-state index < -0.39 is 11.9 Å².